The molecule has 0 heterocycles. The molecule has 2 unspecified atom stereocenters. The Morgan fingerprint density at radius 1 is 0.742 bits per heavy atom. The average Bonchev–Trinajstić information content (AvgIpc) is 2.73. The molecule has 4 bridgehead atoms. The van der Waals surface area contributed by atoms with Gasteiger partial charge in [-0.3, -0.25) is 4.79 Å². The molecule has 0 spiro atoms. The molecule has 0 saturated heterocycles. The standard InChI is InChI=1S/C28H51NO2/c1-2-3-4-5-6-7-8-9-10-11-12-13-14-15-16-17-26(30)29-28-20-23-18-24(21-28)27(31)25(19-23)22-28/h23-25,27,31H,2-22H2,1H3,(H,29,30). The number of hydrogen-bond acceptors (Lipinski definition) is 2. The number of hydrogen-bond donors (Lipinski definition) is 2. The molecule has 3 heteroatoms. The van der Waals surface area contributed by atoms with Crippen LogP contribution in [-0.4, -0.2) is 22.7 Å². The highest BCUT2D eigenvalue weighted by Gasteiger charge is 2.55. The van der Waals surface area contributed by atoms with Crippen molar-refractivity contribution in [2.24, 2.45) is 17.8 Å². The minimum Gasteiger partial charge on any atom is -0.393 e. The van der Waals surface area contributed by atoms with Gasteiger partial charge in [0.1, 0.15) is 0 Å². The highest BCUT2D eigenvalue weighted by Crippen LogP contribution is 2.55. The average molecular weight is 434 g/mol. The first kappa shape index (κ1) is 25.1. The van der Waals surface area contributed by atoms with Gasteiger partial charge in [0.25, 0.3) is 0 Å². The number of carbonyl (C=O) groups excluding carboxylic acids is 1. The minimum atomic E-state index is -0.0999. The summed E-state index contributed by atoms with van der Waals surface area (Å²) in [4.78, 5) is 12.6. The molecule has 4 aliphatic rings. The molecule has 0 aromatic heterocycles. The van der Waals surface area contributed by atoms with Crippen LogP contribution in [0.3, 0.4) is 0 Å². The summed E-state index contributed by atoms with van der Waals surface area (Å²) < 4.78 is 0. The fourth-order valence-corrected chi connectivity index (χ4v) is 7.17. The quantitative estimate of drug-likeness (QED) is 0.236. The summed E-state index contributed by atoms with van der Waals surface area (Å²) in [5.41, 5.74) is 0.0301. The second-order valence-corrected chi connectivity index (χ2v) is 11.5. The number of aliphatic hydroxyl groups excluding tert-OH is 1. The Hall–Kier alpha value is -0.570. The van der Waals surface area contributed by atoms with Crippen molar-refractivity contribution in [3.8, 4) is 0 Å². The van der Waals surface area contributed by atoms with Crippen LogP contribution in [0.1, 0.15) is 142 Å². The van der Waals surface area contributed by atoms with Crippen molar-refractivity contribution in [2.75, 3.05) is 0 Å². The van der Waals surface area contributed by atoms with Gasteiger partial charge in [0.15, 0.2) is 0 Å². The third kappa shape index (κ3) is 8.06. The third-order valence-electron chi connectivity index (χ3n) is 8.64. The Kier molecular flexibility index (Phi) is 10.7. The lowest BCUT2D eigenvalue weighted by molar-refractivity contribution is -0.136. The predicted molar refractivity (Wildman–Crippen MR) is 130 cm³/mol. The molecule has 0 aliphatic heterocycles. The van der Waals surface area contributed by atoms with Crippen molar-refractivity contribution in [3.05, 3.63) is 0 Å². The van der Waals surface area contributed by atoms with Crippen LogP contribution >= 0.6 is 0 Å². The number of amides is 1. The fourth-order valence-electron chi connectivity index (χ4n) is 7.17. The zero-order valence-corrected chi connectivity index (χ0v) is 20.5. The zero-order valence-electron chi connectivity index (χ0n) is 20.5. The summed E-state index contributed by atoms with van der Waals surface area (Å²) in [7, 11) is 0. The monoisotopic (exact) mass is 433 g/mol. The zero-order chi connectivity index (χ0) is 21.9. The molecular weight excluding hydrogens is 382 g/mol. The molecule has 0 radical (unpaired) electrons. The van der Waals surface area contributed by atoms with E-state index in [4.69, 9.17) is 0 Å². The summed E-state index contributed by atoms with van der Waals surface area (Å²) >= 11 is 0. The number of nitrogens with one attached hydrogen (secondary N) is 1. The van der Waals surface area contributed by atoms with E-state index in [9.17, 15) is 9.90 Å². The first-order chi connectivity index (χ1) is 15.1. The second kappa shape index (κ2) is 13.2. The van der Waals surface area contributed by atoms with Gasteiger partial charge in [0, 0.05) is 12.0 Å². The van der Waals surface area contributed by atoms with Crippen molar-refractivity contribution >= 4 is 5.91 Å². The Morgan fingerprint density at radius 2 is 1.19 bits per heavy atom. The van der Waals surface area contributed by atoms with Crippen molar-refractivity contribution < 1.29 is 9.90 Å². The van der Waals surface area contributed by atoms with Gasteiger partial charge in [0.2, 0.25) is 5.91 Å². The second-order valence-electron chi connectivity index (χ2n) is 11.5. The molecule has 4 fully saturated rings. The van der Waals surface area contributed by atoms with Gasteiger partial charge in [-0.05, 0) is 56.3 Å². The normalized spacial score (nSPS) is 31.3. The van der Waals surface area contributed by atoms with Gasteiger partial charge in [-0.1, -0.05) is 96.8 Å². The molecule has 0 aromatic rings. The molecule has 3 nitrogen and oxygen atoms in total. The maximum atomic E-state index is 12.6. The van der Waals surface area contributed by atoms with Gasteiger partial charge in [-0.25, -0.2) is 0 Å². The Bertz CT molecular complexity index is 503. The molecule has 1 amide bonds. The molecule has 4 saturated carbocycles. The van der Waals surface area contributed by atoms with Crippen LogP contribution in [0, 0.1) is 17.8 Å². The Balaban J connectivity index is 1.12. The Labute approximate surface area is 192 Å². The van der Waals surface area contributed by atoms with Gasteiger partial charge >= 0.3 is 0 Å². The SMILES string of the molecule is CCCCCCCCCCCCCCCCCC(=O)NC12CC3CC(C1)C(O)C(C3)C2. The lowest BCUT2D eigenvalue weighted by Crippen LogP contribution is -2.63. The summed E-state index contributed by atoms with van der Waals surface area (Å²) in [6.45, 7) is 2.29. The first-order valence-electron chi connectivity index (χ1n) is 14.1. The molecule has 2 N–H and O–H groups in total. The first-order valence-corrected chi connectivity index (χ1v) is 14.1. The molecule has 4 aliphatic carbocycles. The lowest BCUT2D eigenvalue weighted by Gasteiger charge is -2.58. The number of carbonyl (C=O) groups is 1. The minimum absolute atomic E-state index is 0.0301. The van der Waals surface area contributed by atoms with Crippen LogP contribution in [0.15, 0.2) is 0 Å². The summed E-state index contributed by atoms with van der Waals surface area (Å²) in [6, 6.07) is 0. The molecule has 31 heavy (non-hydrogen) atoms. The molecule has 180 valence electrons. The fraction of sp³-hybridized carbons (Fsp3) is 0.964. The van der Waals surface area contributed by atoms with Crippen molar-refractivity contribution in [3.63, 3.8) is 0 Å². The summed E-state index contributed by atoms with van der Waals surface area (Å²) in [5, 5.41) is 13.9. The number of rotatable bonds is 17. The third-order valence-corrected chi connectivity index (χ3v) is 8.64. The predicted octanol–water partition coefficient (Wildman–Crippen LogP) is 7.30. The van der Waals surface area contributed by atoms with E-state index in [1.165, 1.54) is 103 Å². The van der Waals surface area contributed by atoms with Crippen LogP contribution in [0.25, 0.3) is 0 Å². The molecule has 4 rings (SSSR count). The van der Waals surface area contributed by atoms with Crippen LogP contribution in [0.2, 0.25) is 0 Å². The van der Waals surface area contributed by atoms with Gasteiger partial charge < -0.3 is 10.4 Å². The van der Waals surface area contributed by atoms with E-state index in [0.717, 1.165) is 31.6 Å². The smallest absolute Gasteiger partial charge is 0.220 e. The van der Waals surface area contributed by atoms with Crippen molar-refractivity contribution in [1.29, 1.82) is 0 Å². The van der Waals surface area contributed by atoms with Crippen molar-refractivity contribution in [1.82, 2.24) is 5.32 Å². The van der Waals surface area contributed by atoms with Crippen LogP contribution in [0.4, 0.5) is 0 Å². The van der Waals surface area contributed by atoms with E-state index in [2.05, 4.69) is 12.2 Å². The van der Waals surface area contributed by atoms with Gasteiger partial charge in [0.05, 0.1) is 6.10 Å². The van der Waals surface area contributed by atoms with Gasteiger partial charge in [-0.15, -0.1) is 0 Å². The van der Waals surface area contributed by atoms with Crippen LogP contribution in [0.5, 0.6) is 0 Å². The van der Waals surface area contributed by atoms with Gasteiger partial charge in [-0.2, -0.15) is 0 Å². The highest BCUT2D eigenvalue weighted by atomic mass is 16.3. The van der Waals surface area contributed by atoms with E-state index in [1.807, 2.05) is 0 Å². The highest BCUT2D eigenvalue weighted by molar-refractivity contribution is 5.76. The summed E-state index contributed by atoms with van der Waals surface area (Å²) in [6.07, 6.45) is 26.6. The largest absolute Gasteiger partial charge is 0.393 e. The number of aliphatic hydroxyl groups is 1. The topological polar surface area (TPSA) is 49.3 Å². The van der Waals surface area contributed by atoms with E-state index < -0.39 is 0 Å². The van der Waals surface area contributed by atoms with E-state index in [0.29, 0.717) is 18.3 Å². The number of unbranched alkanes of at least 4 members (excludes halogenated alkanes) is 14. The molecule has 2 atom stereocenters. The molecular formula is C28H51NO2. The van der Waals surface area contributed by atoms with Crippen LogP contribution in [-0.2, 0) is 4.79 Å². The van der Waals surface area contributed by atoms with E-state index in [1.54, 1.807) is 0 Å². The lowest BCUT2D eigenvalue weighted by atomic mass is 9.51. The molecule has 0 aromatic carbocycles. The van der Waals surface area contributed by atoms with Crippen molar-refractivity contribution in [2.45, 2.75) is 153 Å². The van der Waals surface area contributed by atoms with E-state index in [-0.39, 0.29) is 17.6 Å². The maximum absolute atomic E-state index is 12.6. The van der Waals surface area contributed by atoms with Crippen LogP contribution < -0.4 is 5.32 Å². The Morgan fingerprint density at radius 3 is 1.68 bits per heavy atom. The van der Waals surface area contributed by atoms with E-state index >= 15 is 0 Å². The summed E-state index contributed by atoms with van der Waals surface area (Å²) in [5.74, 6) is 1.90. The maximum Gasteiger partial charge on any atom is 0.220 e.